The second kappa shape index (κ2) is 6.93. The van der Waals surface area contributed by atoms with Crippen LogP contribution in [-0.4, -0.2) is 18.0 Å². The zero-order valence-electron chi connectivity index (χ0n) is 13.2. The van der Waals surface area contributed by atoms with Gasteiger partial charge in [-0.05, 0) is 61.7 Å². The van der Waals surface area contributed by atoms with E-state index in [-0.39, 0.29) is 11.9 Å². The predicted octanol–water partition coefficient (Wildman–Crippen LogP) is 4.18. The van der Waals surface area contributed by atoms with Crippen LogP contribution >= 0.6 is 11.6 Å². The van der Waals surface area contributed by atoms with Gasteiger partial charge in [0.2, 0.25) is 0 Å². The first-order valence-electron chi connectivity index (χ1n) is 7.76. The van der Waals surface area contributed by atoms with Gasteiger partial charge < -0.3 is 16.0 Å². The van der Waals surface area contributed by atoms with Crippen LogP contribution in [0.15, 0.2) is 42.5 Å². The molecule has 1 saturated carbocycles. The number of benzene rings is 2. The molecular weight excluding hydrogens is 326 g/mol. The maximum Gasteiger partial charge on any atom is 0.323 e. The van der Waals surface area contributed by atoms with E-state index in [2.05, 4.69) is 16.0 Å². The van der Waals surface area contributed by atoms with Gasteiger partial charge >= 0.3 is 6.03 Å². The predicted molar refractivity (Wildman–Crippen MR) is 95.8 cm³/mol. The number of amides is 3. The molecule has 3 rings (SSSR count). The molecule has 1 fully saturated rings. The number of anilines is 2. The van der Waals surface area contributed by atoms with Crippen molar-refractivity contribution >= 4 is 34.9 Å². The molecule has 0 bridgehead atoms. The number of hydrogen-bond donors (Lipinski definition) is 3. The van der Waals surface area contributed by atoms with Crippen molar-refractivity contribution in [1.82, 2.24) is 5.32 Å². The van der Waals surface area contributed by atoms with Gasteiger partial charge in [0, 0.05) is 28.0 Å². The highest BCUT2D eigenvalue weighted by Crippen LogP contribution is 2.21. The Morgan fingerprint density at radius 3 is 2.25 bits per heavy atom. The number of aryl methyl sites for hydroxylation is 1. The molecular formula is C18H18ClN3O2. The van der Waals surface area contributed by atoms with Crippen molar-refractivity contribution in [2.45, 2.75) is 25.8 Å². The number of carbonyl (C=O) groups excluding carboxylic acids is 2. The molecule has 1 aliphatic rings. The molecule has 0 radical (unpaired) electrons. The van der Waals surface area contributed by atoms with Crippen molar-refractivity contribution in [2.75, 3.05) is 10.6 Å². The molecule has 3 N–H and O–H groups in total. The van der Waals surface area contributed by atoms with Gasteiger partial charge in [-0.2, -0.15) is 0 Å². The zero-order valence-corrected chi connectivity index (χ0v) is 14.0. The van der Waals surface area contributed by atoms with E-state index >= 15 is 0 Å². The van der Waals surface area contributed by atoms with Crippen molar-refractivity contribution in [3.8, 4) is 0 Å². The summed E-state index contributed by atoms with van der Waals surface area (Å²) < 4.78 is 0. The van der Waals surface area contributed by atoms with E-state index in [0.717, 1.165) is 18.4 Å². The Balaban J connectivity index is 1.57. The first kappa shape index (κ1) is 16.3. The van der Waals surface area contributed by atoms with Gasteiger partial charge in [-0.1, -0.05) is 17.7 Å². The summed E-state index contributed by atoms with van der Waals surface area (Å²) >= 11 is 6.04. The molecule has 124 valence electrons. The van der Waals surface area contributed by atoms with Crippen molar-refractivity contribution < 1.29 is 9.59 Å². The molecule has 0 aromatic heterocycles. The number of hydrogen-bond acceptors (Lipinski definition) is 2. The van der Waals surface area contributed by atoms with E-state index in [4.69, 9.17) is 11.6 Å². The lowest BCUT2D eigenvalue weighted by Crippen LogP contribution is -2.25. The second-order valence-electron chi connectivity index (χ2n) is 5.87. The van der Waals surface area contributed by atoms with E-state index < -0.39 is 0 Å². The molecule has 24 heavy (non-hydrogen) atoms. The zero-order chi connectivity index (χ0) is 17.1. The SMILES string of the molecule is Cc1ccc(NC(=O)Nc2ccc(C(=O)NC3CC3)cc2)cc1Cl. The normalized spacial score (nSPS) is 13.2. The number of halogens is 1. The van der Waals surface area contributed by atoms with Crippen LogP contribution in [0.2, 0.25) is 5.02 Å². The van der Waals surface area contributed by atoms with Gasteiger partial charge in [-0.15, -0.1) is 0 Å². The van der Waals surface area contributed by atoms with E-state index in [1.54, 1.807) is 36.4 Å². The van der Waals surface area contributed by atoms with Gasteiger partial charge in [0.15, 0.2) is 0 Å². The lowest BCUT2D eigenvalue weighted by molar-refractivity contribution is 0.0951. The average molecular weight is 344 g/mol. The minimum atomic E-state index is -0.370. The Kier molecular flexibility index (Phi) is 4.71. The summed E-state index contributed by atoms with van der Waals surface area (Å²) in [7, 11) is 0. The molecule has 0 atom stereocenters. The minimum absolute atomic E-state index is 0.0807. The number of carbonyl (C=O) groups is 2. The Hall–Kier alpha value is -2.53. The van der Waals surface area contributed by atoms with Crippen molar-refractivity contribution in [1.29, 1.82) is 0 Å². The molecule has 5 nitrogen and oxygen atoms in total. The molecule has 3 amide bonds. The quantitative estimate of drug-likeness (QED) is 0.779. The van der Waals surface area contributed by atoms with Crippen LogP contribution in [0, 0.1) is 6.92 Å². The number of urea groups is 1. The molecule has 0 heterocycles. The molecule has 2 aromatic carbocycles. The summed E-state index contributed by atoms with van der Waals surface area (Å²) in [6.45, 7) is 1.90. The van der Waals surface area contributed by atoms with Crippen molar-refractivity contribution in [2.24, 2.45) is 0 Å². The van der Waals surface area contributed by atoms with Gasteiger partial charge in [0.1, 0.15) is 0 Å². The first-order chi connectivity index (χ1) is 11.5. The fraction of sp³-hybridized carbons (Fsp3) is 0.222. The summed E-state index contributed by atoms with van der Waals surface area (Å²) in [6.07, 6.45) is 2.10. The fourth-order valence-electron chi connectivity index (χ4n) is 2.17. The topological polar surface area (TPSA) is 70.2 Å². The molecule has 0 spiro atoms. The van der Waals surface area contributed by atoms with Gasteiger partial charge in [0.05, 0.1) is 0 Å². The Morgan fingerprint density at radius 1 is 1.00 bits per heavy atom. The minimum Gasteiger partial charge on any atom is -0.349 e. The summed E-state index contributed by atoms with van der Waals surface area (Å²) in [5.74, 6) is -0.0807. The number of rotatable bonds is 4. The Morgan fingerprint density at radius 2 is 1.62 bits per heavy atom. The number of nitrogens with one attached hydrogen (secondary N) is 3. The monoisotopic (exact) mass is 343 g/mol. The van der Waals surface area contributed by atoms with Crippen LogP contribution in [0.4, 0.5) is 16.2 Å². The van der Waals surface area contributed by atoms with Gasteiger partial charge in [0.25, 0.3) is 5.91 Å². The maximum atomic E-state index is 12.0. The van der Waals surface area contributed by atoms with Crippen LogP contribution in [-0.2, 0) is 0 Å². The Labute approximate surface area is 145 Å². The van der Waals surface area contributed by atoms with Crippen LogP contribution < -0.4 is 16.0 Å². The fourth-order valence-corrected chi connectivity index (χ4v) is 2.35. The van der Waals surface area contributed by atoms with Crippen LogP contribution in [0.25, 0.3) is 0 Å². The molecule has 0 saturated heterocycles. The van der Waals surface area contributed by atoms with E-state index in [1.807, 2.05) is 13.0 Å². The first-order valence-corrected chi connectivity index (χ1v) is 8.14. The van der Waals surface area contributed by atoms with Crippen LogP contribution in [0.3, 0.4) is 0 Å². The van der Waals surface area contributed by atoms with Crippen molar-refractivity contribution in [3.63, 3.8) is 0 Å². The summed E-state index contributed by atoms with van der Waals surface area (Å²) in [6, 6.07) is 12.0. The van der Waals surface area contributed by atoms with Crippen LogP contribution in [0.5, 0.6) is 0 Å². The summed E-state index contributed by atoms with van der Waals surface area (Å²) in [5.41, 5.74) is 2.75. The standard InChI is InChI=1S/C18H18ClN3O2/c1-11-2-5-15(10-16(11)19)22-18(24)21-14-6-3-12(4-7-14)17(23)20-13-8-9-13/h2-7,10,13H,8-9H2,1H3,(H,20,23)(H2,21,22,24). The molecule has 2 aromatic rings. The highest BCUT2D eigenvalue weighted by Gasteiger charge is 2.23. The molecule has 0 unspecified atom stereocenters. The largest absolute Gasteiger partial charge is 0.349 e. The van der Waals surface area contributed by atoms with E-state index in [9.17, 15) is 9.59 Å². The third kappa shape index (κ3) is 4.26. The summed E-state index contributed by atoms with van der Waals surface area (Å²) in [4.78, 5) is 23.9. The second-order valence-corrected chi connectivity index (χ2v) is 6.28. The third-order valence-corrected chi connectivity index (χ3v) is 4.15. The van der Waals surface area contributed by atoms with Gasteiger partial charge in [-0.3, -0.25) is 4.79 Å². The average Bonchev–Trinajstić information content (AvgIpc) is 3.35. The Bertz CT molecular complexity index is 770. The summed E-state index contributed by atoms with van der Waals surface area (Å²) in [5, 5.41) is 8.95. The van der Waals surface area contributed by atoms with Crippen molar-refractivity contribution in [3.05, 3.63) is 58.6 Å². The molecule has 1 aliphatic carbocycles. The van der Waals surface area contributed by atoms with Crippen LogP contribution in [0.1, 0.15) is 28.8 Å². The third-order valence-electron chi connectivity index (χ3n) is 3.75. The van der Waals surface area contributed by atoms with E-state index in [0.29, 0.717) is 28.0 Å². The molecule has 0 aliphatic heterocycles. The van der Waals surface area contributed by atoms with Gasteiger partial charge in [-0.25, -0.2) is 4.79 Å². The highest BCUT2D eigenvalue weighted by atomic mass is 35.5. The lowest BCUT2D eigenvalue weighted by atomic mass is 10.2. The van der Waals surface area contributed by atoms with E-state index in [1.165, 1.54) is 0 Å². The highest BCUT2D eigenvalue weighted by molar-refractivity contribution is 6.31. The lowest BCUT2D eigenvalue weighted by Gasteiger charge is -2.09. The maximum absolute atomic E-state index is 12.0. The molecule has 6 heteroatoms. The smallest absolute Gasteiger partial charge is 0.323 e.